The van der Waals surface area contributed by atoms with E-state index in [1.54, 1.807) is 0 Å². The Hall–Kier alpha value is -0.530. The molecule has 5 atom stereocenters. The minimum atomic E-state index is -1.65. The highest BCUT2D eigenvalue weighted by Crippen LogP contribution is 2.20. The van der Waals surface area contributed by atoms with E-state index in [-0.39, 0.29) is 0 Å². The maximum atomic E-state index is 10.8. The summed E-state index contributed by atoms with van der Waals surface area (Å²) in [6.07, 6.45) is -7.60. The molecule has 0 aliphatic carbocycles. The fourth-order valence-electron chi connectivity index (χ4n) is 1.20. The van der Waals surface area contributed by atoms with E-state index in [1.807, 2.05) is 0 Å². The van der Waals surface area contributed by atoms with Gasteiger partial charge in [0.1, 0.15) is 24.4 Å². The lowest BCUT2D eigenvalue weighted by atomic mass is 9.97. The summed E-state index contributed by atoms with van der Waals surface area (Å²) in [4.78, 5) is 10.8. The second-order valence-electron chi connectivity index (χ2n) is 3.03. The van der Waals surface area contributed by atoms with E-state index in [0.29, 0.717) is 0 Å². The van der Waals surface area contributed by atoms with Crippen LogP contribution in [0.1, 0.15) is 6.92 Å². The average molecular weight is 192 g/mol. The van der Waals surface area contributed by atoms with Crippen LogP contribution in [-0.2, 0) is 9.53 Å². The van der Waals surface area contributed by atoms with E-state index < -0.39 is 36.5 Å². The molecule has 1 saturated heterocycles. The number of hydrogen-bond acceptors (Lipinski definition) is 6. The largest absolute Gasteiger partial charge is 0.387 e. The summed E-state index contributed by atoms with van der Waals surface area (Å²) in [6, 6.07) is 0. The fraction of sp³-hybridized carbons (Fsp3) is 0.857. The van der Waals surface area contributed by atoms with Crippen molar-refractivity contribution in [2.75, 3.05) is 0 Å². The Morgan fingerprint density at radius 3 is 2.08 bits per heavy atom. The molecule has 13 heavy (non-hydrogen) atoms. The zero-order chi connectivity index (χ0) is 10.2. The topological polar surface area (TPSA) is 107 Å². The van der Waals surface area contributed by atoms with Crippen molar-refractivity contribution in [1.82, 2.24) is 0 Å². The second kappa shape index (κ2) is 3.69. The van der Waals surface area contributed by atoms with E-state index in [2.05, 4.69) is 4.74 Å². The van der Waals surface area contributed by atoms with Crippen molar-refractivity contribution in [2.45, 2.75) is 37.6 Å². The fourth-order valence-corrected chi connectivity index (χ4v) is 1.20. The third-order valence-corrected chi connectivity index (χ3v) is 1.99. The number of hydrogen-bond donors (Lipinski definition) is 4. The van der Waals surface area contributed by atoms with Gasteiger partial charge < -0.3 is 25.2 Å². The van der Waals surface area contributed by atoms with Crippen LogP contribution in [0.25, 0.3) is 0 Å². The Bertz CT molecular complexity index is 205. The summed E-state index contributed by atoms with van der Waals surface area (Å²) in [6.45, 7) is 1.16. The number of aliphatic hydroxyl groups excluding tert-OH is 4. The monoisotopic (exact) mass is 192 g/mol. The lowest BCUT2D eigenvalue weighted by molar-refractivity contribution is -0.274. The minimum absolute atomic E-state index is 0.516. The second-order valence-corrected chi connectivity index (χ2v) is 3.03. The molecular formula is C7H12O6. The van der Waals surface area contributed by atoms with Crippen LogP contribution in [0.2, 0.25) is 0 Å². The van der Waals surface area contributed by atoms with Gasteiger partial charge in [0.05, 0.1) is 0 Å². The van der Waals surface area contributed by atoms with Gasteiger partial charge in [-0.2, -0.15) is 0 Å². The molecule has 0 spiro atoms. The number of aliphatic hydroxyl groups is 4. The summed E-state index contributed by atoms with van der Waals surface area (Å²) in [5, 5.41) is 36.4. The van der Waals surface area contributed by atoms with Crippen LogP contribution in [-0.4, -0.2) is 56.9 Å². The molecule has 0 aromatic heterocycles. The minimum Gasteiger partial charge on any atom is -0.387 e. The smallest absolute Gasteiger partial charge is 0.184 e. The van der Waals surface area contributed by atoms with Crippen LogP contribution >= 0.6 is 0 Å². The van der Waals surface area contributed by atoms with Gasteiger partial charge in [0.25, 0.3) is 0 Å². The molecule has 0 bridgehead atoms. The number of carbonyl (C=O) groups excluding carboxylic acids is 1. The van der Waals surface area contributed by atoms with E-state index in [9.17, 15) is 9.90 Å². The molecule has 0 radical (unpaired) electrons. The molecule has 1 rings (SSSR count). The average Bonchev–Trinajstić information content (AvgIpc) is 2.07. The standard InChI is InChI=1S/C7H12O6/c1-2(8)6-4(10)3(9)5(11)7(12)13-6/h3-7,9-12H,1H3/t3-,4-,5-,6+,7+/m0/s1. The highest BCUT2D eigenvalue weighted by molar-refractivity contribution is 5.81. The van der Waals surface area contributed by atoms with Gasteiger partial charge in [-0.15, -0.1) is 0 Å². The summed E-state index contributed by atoms with van der Waals surface area (Å²) < 4.78 is 4.59. The number of ketones is 1. The lowest BCUT2D eigenvalue weighted by Crippen LogP contribution is -2.59. The lowest BCUT2D eigenvalue weighted by Gasteiger charge is -2.37. The van der Waals surface area contributed by atoms with E-state index >= 15 is 0 Å². The first-order valence-corrected chi connectivity index (χ1v) is 3.83. The first-order valence-electron chi connectivity index (χ1n) is 3.83. The van der Waals surface area contributed by atoms with Crippen LogP contribution < -0.4 is 0 Å². The predicted molar refractivity (Wildman–Crippen MR) is 39.6 cm³/mol. The molecule has 0 saturated carbocycles. The molecule has 0 aromatic carbocycles. The molecule has 0 aromatic rings. The maximum Gasteiger partial charge on any atom is 0.184 e. The first kappa shape index (κ1) is 10.6. The van der Waals surface area contributed by atoms with E-state index in [4.69, 9.17) is 15.3 Å². The summed E-state index contributed by atoms with van der Waals surface area (Å²) in [5.74, 6) is -0.516. The molecule has 1 aliphatic heterocycles. The van der Waals surface area contributed by atoms with Gasteiger partial charge in [-0.1, -0.05) is 0 Å². The highest BCUT2D eigenvalue weighted by Gasteiger charge is 2.44. The van der Waals surface area contributed by atoms with Crippen LogP contribution in [0.5, 0.6) is 0 Å². The Morgan fingerprint density at radius 1 is 1.08 bits per heavy atom. The van der Waals surface area contributed by atoms with Crippen LogP contribution in [0.15, 0.2) is 0 Å². The molecule has 6 nitrogen and oxygen atoms in total. The molecule has 1 heterocycles. The zero-order valence-corrected chi connectivity index (χ0v) is 6.99. The van der Waals surface area contributed by atoms with Crippen LogP contribution in [0.4, 0.5) is 0 Å². The normalized spacial score (nSPS) is 46.1. The van der Waals surface area contributed by atoms with Crippen molar-refractivity contribution in [3.8, 4) is 0 Å². The SMILES string of the molecule is CC(=O)[C@H]1O[C@@H](O)[C@@H](O)[C@@H](O)[C@@H]1O. The number of rotatable bonds is 1. The van der Waals surface area contributed by atoms with Gasteiger partial charge >= 0.3 is 0 Å². The number of ether oxygens (including phenoxy) is 1. The maximum absolute atomic E-state index is 10.8. The molecular weight excluding hydrogens is 180 g/mol. The van der Waals surface area contributed by atoms with Crippen molar-refractivity contribution in [1.29, 1.82) is 0 Å². The third kappa shape index (κ3) is 1.87. The zero-order valence-electron chi connectivity index (χ0n) is 6.99. The van der Waals surface area contributed by atoms with Gasteiger partial charge in [-0.25, -0.2) is 0 Å². The van der Waals surface area contributed by atoms with Crippen molar-refractivity contribution < 1.29 is 30.0 Å². The summed E-state index contributed by atoms with van der Waals surface area (Å²) in [5.41, 5.74) is 0. The summed E-state index contributed by atoms with van der Waals surface area (Å²) in [7, 11) is 0. The first-order chi connectivity index (χ1) is 5.95. The van der Waals surface area contributed by atoms with Crippen molar-refractivity contribution in [2.24, 2.45) is 0 Å². The Morgan fingerprint density at radius 2 is 1.62 bits per heavy atom. The Labute approximate surface area is 74.4 Å². The molecule has 4 N–H and O–H groups in total. The third-order valence-electron chi connectivity index (χ3n) is 1.99. The van der Waals surface area contributed by atoms with Gasteiger partial charge in [-0.05, 0) is 6.92 Å². The van der Waals surface area contributed by atoms with Gasteiger partial charge in [0, 0.05) is 0 Å². The molecule has 6 heteroatoms. The van der Waals surface area contributed by atoms with E-state index in [0.717, 1.165) is 6.92 Å². The Balaban J connectivity index is 2.76. The molecule has 1 aliphatic rings. The van der Waals surface area contributed by atoms with Crippen LogP contribution in [0, 0.1) is 0 Å². The highest BCUT2D eigenvalue weighted by atomic mass is 16.6. The Kier molecular flexibility index (Phi) is 2.99. The van der Waals surface area contributed by atoms with Gasteiger partial charge in [-0.3, -0.25) is 4.79 Å². The molecule has 0 unspecified atom stereocenters. The van der Waals surface area contributed by atoms with Crippen LogP contribution in [0.3, 0.4) is 0 Å². The predicted octanol–water partition coefficient (Wildman–Crippen LogP) is -2.62. The number of carbonyl (C=O) groups is 1. The van der Waals surface area contributed by atoms with Gasteiger partial charge in [0.2, 0.25) is 0 Å². The van der Waals surface area contributed by atoms with Gasteiger partial charge in [0.15, 0.2) is 12.1 Å². The van der Waals surface area contributed by atoms with Crippen molar-refractivity contribution in [3.63, 3.8) is 0 Å². The molecule has 76 valence electrons. The van der Waals surface area contributed by atoms with Crippen molar-refractivity contribution in [3.05, 3.63) is 0 Å². The van der Waals surface area contributed by atoms with E-state index in [1.165, 1.54) is 0 Å². The quantitative estimate of drug-likeness (QED) is 0.362. The number of Topliss-reactive ketones (excluding diaryl/α,β-unsaturated/α-hetero) is 1. The molecule has 0 amide bonds. The van der Waals surface area contributed by atoms with Crippen molar-refractivity contribution >= 4 is 5.78 Å². The molecule has 1 fully saturated rings. The summed E-state index contributed by atoms with van der Waals surface area (Å²) >= 11 is 0.